The van der Waals surface area contributed by atoms with E-state index in [0.29, 0.717) is 60.8 Å². The molecule has 0 aromatic heterocycles. The van der Waals surface area contributed by atoms with E-state index >= 15 is 0 Å². The Morgan fingerprint density at radius 1 is 0.619 bits per heavy atom. The minimum Gasteiger partial charge on any atom is -0.458 e. The molecule has 218 valence electrons. The number of benzene rings is 2. The topological polar surface area (TPSA) is 145 Å². The summed E-state index contributed by atoms with van der Waals surface area (Å²) in [6.07, 6.45) is 3.29. The lowest BCUT2D eigenvalue weighted by Crippen LogP contribution is -2.20. The molecule has 0 fully saturated rings. The number of ether oxygens (including phenoxy) is 2. The van der Waals surface area contributed by atoms with Crippen molar-refractivity contribution in [2.75, 3.05) is 13.2 Å². The summed E-state index contributed by atoms with van der Waals surface area (Å²) in [7, 11) is 0. The average molecular weight is 573 g/mol. The zero-order valence-electron chi connectivity index (χ0n) is 23.6. The number of nitrogens with one attached hydrogen (secondary N) is 2. The van der Waals surface area contributed by atoms with Gasteiger partial charge < -0.3 is 9.47 Å². The van der Waals surface area contributed by atoms with Crippen molar-refractivity contribution in [3.8, 4) is 0 Å². The summed E-state index contributed by atoms with van der Waals surface area (Å²) in [4.78, 5) is 75.1. The van der Waals surface area contributed by atoms with Gasteiger partial charge >= 0.3 is 11.9 Å². The molecule has 2 aliphatic rings. The molecular weight excluding hydrogens is 540 g/mol. The smallest absolute Gasteiger partial charge is 0.338 e. The molecule has 10 nitrogen and oxygen atoms in total. The lowest BCUT2D eigenvalue weighted by atomic mass is 9.91. The van der Waals surface area contributed by atoms with E-state index in [9.17, 15) is 28.8 Å². The maximum atomic E-state index is 12.8. The van der Waals surface area contributed by atoms with Gasteiger partial charge in [0.05, 0.1) is 33.4 Å². The number of carbonyl (C=O) groups excluding carboxylic acids is 6. The Morgan fingerprint density at radius 2 is 1.00 bits per heavy atom. The van der Waals surface area contributed by atoms with E-state index in [-0.39, 0.29) is 46.6 Å². The highest BCUT2D eigenvalue weighted by Crippen LogP contribution is 2.28. The van der Waals surface area contributed by atoms with Crippen LogP contribution in [0.25, 0.3) is 0 Å². The first-order valence-corrected chi connectivity index (χ1v) is 13.7. The quantitative estimate of drug-likeness (QED) is 0.157. The summed E-state index contributed by atoms with van der Waals surface area (Å²) in [5.74, 6) is -3.30. The molecule has 0 aliphatic carbocycles. The summed E-state index contributed by atoms with van der Waals surface area (Å²) < 4.78 is 10.6. The Hall–Kier alpha value is -4.86. The van der Waals surface area contributed by atoms with Crippen LogP contribution in [-0.4, -0.2) is 48.8 Å². The minimum absolute atomic E-state index is 0.0377. The Balaban J connectivity index is 1.45. The Bertz CT molecular complexity index is 1440. The predicted octanol–water partition coefficient (Wildman–Crippen LogP) is 4.27. The predicted molar refractivity (Wildman–Crippen MR) is 153 cm³/mol. The fourth-order valence-electron chi connectivity index (χ4n) is 5.05. The zero-order valence-corrected chi connectivity index (χ0v) is 23.6. The van der Waals surface area contributed by atoms with Crippen molar-refractivity contribution in [3.05, 3.63) is 93.1 Å². The van der Waals surface area contributed by atoms with Gasteiger partial charge in [0.25, 0.3) is 23.6 Å². The van der Waals surface area contributed by atoms with Crippen molar-refractivity contribution in [1.82, 2.24) is 10.6 Å². The number of hydrogen-bond donors (Lipinski definition) is 2. The van der Waals surface area contributed by atoms with Crippen LogP contribution in [-0.2, 0) is 22.3 Å². The van der Waals surface area contributed by atoms with Gasteiger partial charge in [0, 0.05) is 0 Å². The van der Waals surface area contributed by atoms with Crippen molar-refractivity contribution in [1.29, 1.82) is 0 Å². The average Bonchev–Trinajstić information content (AvgIpc) is 3.40. The van der Waals surface area contributed by atoms with E-state index in [0.717, 1.165) is 0 Å². The third kappa shape index (κ3) is 6.38. The standard InChI is InChI=1S/C32H32N2O8/c1-17(2)15-41-31(39)21-11-13-23-25(29(37)33-27(23)35)19(21)9-7-5-6-8-10-20-22(32(40)42-16-18(3)4)12-14-24-26(20)30(38)34-28(24)36/h11-14H,1,3,5-10,15-16H2,2,4H3,(H,33,35,37)(H,34,36,38). The van der Waals surface area contributed by atoms with Crippen LogP contribution in [0.15, 0.2) is 48.6 Å². The number of carbonyl (C=O) groups is 6. The van der Waals surface area contributed by atoms with Crippen molar-refractivity contribution >= 4 is 35.6 Å². The number of hydrogen-bond acceptors (Lipinski definition) is 8. The normalized spacial score (nSPS) is 13.3. The summed E-state index contributed by atoms with van der Waals surface area (Å²) in [5.41, 5.74) is 3.54. The number of esters is 2. The number of amides is 4. The molecular formula is C32H32N2O8. The van der Waals surface area contributed by atoms with Crippen molar-refractivity contribution in [2.45, 2.75) is 52.4 Å². The zero-order chi connectivity index (χ0) is 30.6. The van der Waals surface area contributed by atoms with Crippen LogP contribution in [0, 0.1) is 0 Å². The molecule has 0 spiro atoms. The van der Waals surface area contributed by atoms with Crippen LogP contribution in [0.5, 0.6) is 0 Å². The lowest BCUT2D eigenvalue weighted by Gasteiger charge is -2.14. The Labute approximate surface area is 243 Å². The molecule has 0 bridgehead atoms. The van der Waals surface area contributed by atoms with Crippen molar-refractivity contribution < 1.29 is 38.2 Å². The molecule has 2 aromatic rings. The highest BCUT2D eigenvalue weighted by Gasteiger charge is 2.33. The van der Waals surface area contributed by atoms with E-state index < -0.39 is 35.6 Å². The van der Waals surface area contributed by atoms with Gasteiger partial charge in [-0.25, -0.2) is 9.59 Å². The fourth-order valence-corrected chi connectivity index (χ4v) is 5.05. The van der Waals surface area contributed by atoms with E-state index in [4.69, 9.17) is 9.47 Å². The first-order valence-electron chi connectivity index (χ1n) is 13.7. The molecule has 42 heavy (non-hydrogen) atoms. The van der Waals surface area contributed by atoms with E-state index in [1.54, 1.807) is 13.8 Å². The second-order valence-corrected chi connectivity index (χ2v) is 10.6. The van der Waals surface area contributed by atoms with Crippen LogP contribution >= 0.6 is 0 Å². The molecule has 0 radical (unpaired) electrons. The number of unbranched alkanes of at least 4 members (excludes halogenated alkanes) is 3. The first-order chi connectivity index (χ1) is 20.0. The SMILES string of the molecule is C=C(C)COC(=O)c1ccc2c(c1CCCCCCc1c(C(=O)OCC(=C)C)ccc3c1C(=O)NC3=O)C(=O)NC2=O. The largest absolute Gasteiger partial charge is 0.458 e. The molecule has 2 heterocycles. The number of rotatable bonds is 13. The second kappa shape index (κ2) is 12.8. The fraction of sp³-hybridized carbons (Fsp3) is 0.312. The van der Waals surface area contributed by atoms with Gasteiger partial charge in [-0.1, -0.05) is 26.0 Å². The molecule has 0 unspecified atom stereocenters. The van der Waals surface area contributed by atoms with Crippen LogP contribution in [0.2, 0.25) is 0 Å². The highest BCUT2D eigenvalue weighted by atomic mass is 16.5. The molecule has 10 heteroatoms. The van der Waals surface area contributed by atoms with Crippen LogP contribution in [0.3, 0.4) is 0 Å². The summed E-state index contributed by atoms with van der Waals surface area (Å²) in [6, 6.07) is 5.91. The molecule has 2 aromatic carbocycles. The Morgan fingerprint density at radius 3 is 1.36 bits per heavy atom. The maximum Gasteiger partial charge on any atom is 0.338 e. The van der Waals surface area contributed by atoms with Crippen LogP contribution in [0.4, 0.5) is 0 Å². The van der Waals surface area contributed by atoms with Gasteiger partial charge in [-0.05, 0) is 86.1 Å². The van der Waals surface area contributed by atoms with Crippen LogP contribution in [0.1, 0.15) is 113 Å². The molecule has 0 saturated carbocycles. The second-order valence-electron chi connectivity index (χ2n) is 10.6. The molecule has 4 amide bonds. The van der Waals surface area contributed by atoms with Gasteiger partial charge in [0.15, 0.2) is 0 Å². The third-order valence-electron chi connectivity index (χ3n) is 6.97. The molecule has 0 atom stereocenters. The highest BCUT2D eigenvalue weighted by molar-refractivity contribution is 6.23. The summed E-state index contributed by atoms with van der Waals surface area (Å²) in [6.45, 7) is 11.0. The summed E-state index contributed by atoms with van der Waals surface area (Å²) >= 11 is 0. The van der Waals surface area contributed by atoms with Gasteiger partial charge in [0.1, 0.15) is 13.2 Å². The monoisotopic (exact) mass is 572 g/mol. The van der Waals surface area contributed by atoms with Crippen molar-refractivity contribution in [2.24, 2.45) is 0 Å². The van der Waals surface area contributed by atoms with Gasteiger partial charge in [0.2, 0.25) is 0 Å². The van der Waals surface area contributed by atoms with E-state index in [1.807, 2.05) is 0 Å². The maximum absolute atomic E-state index is 12.8. The first kappa shape index (κ1) is 30.1. The van der Waals surface area contributed by atoms with Gasteiger partial charge in [-0.3, -0.25) is 29.8 Å². The number of fused-ring (bicyclic) bond motifs is 2. The van der Waals surface area contributed by atoms with Gasteiger partial charge in [-0.15, -0.1) is 0 Å². The van der Waals surface area contributed by atoms with Gasteiger partial charge in [-0.2, -0.15) is 0 Å². The van der Waals surface area contributed by atoms with Crippen LogP contribution < -0.4 is 10.6 Å². The minimum atomic E-state index is -0.597. The molecule has 2 N–H and O–H groups in total. The third-order valence-corrected chi connectivity index (χ3v) is 6.97. The molecule has 4 rings (SSSR count). The Kier molecular flexibility index (Phi) is 9.15. The van der Waals surface area contributed by atoms with E-state index in [1.165, 1.54) is 24.3 Å². The summed E-state index contributed by atoms with van der Waals surface area (Å²) in [5, 5.41) is 4.56. The molecule has 2 aliphatic heterocycles. The van der Waals surface area contributed by atoms with E-state index in [2.05, 4.69) is 23.8 Å². The number of imide groups is 2. The molecule has 0 saturated heterocycles. The lowest BCUT2D eigenvalue weighted by molar-refractivity contribution is 0.0530. The van der Waals surface area contributed by atoms with Crippen molar-refractivity contribution in [3.63, 3.8) is 0 Å².